The van der Waals surface area contributed by atoms with E-state index in [1.807, 2.05) is 19.1 Å². The van der Waals surface area contributed by atoms with E-state index >= 15 is 0 Å². The quantitative estimate of drug-likeness (QED) is 0.192. The summed E-state index contributed by atoms with van der Waals surface area (Å²) in [5.41, 5.74) is 6.14. The minimum Gasteiger partial charge on any atom is -1.00 e. The van der Waals surface area contributed by atoms with Crippen LogP contribution in [0, 0.1) is 0 Å². The van der Waals surface area contributed by atoms with Crippen LogP contribution in [0.25, 0.3) is 44.7 Å². The molecule has 1 aromatic heterocycles. The van der Waals surface area contributed by atoms with Gasteiger partial charge in [-0.15, -0.1) is 0 Å². The molecule has 0 atom stereocenters. The molecule has 43 heavy (non-hydrogen) atoms. The third kappa shape index (κ3) is 5.97. The van der Waals surface area contributed by atoms with Gasteiger partial charge in [0.2, 0.25) is 0 Å². The first-order chi connectivity index (χ1) is 20.7. The number of nitrogens with zero attached hydrogens (tertiary/aromatic N) is 2. The minimum absolute atomic E-state index is 0. The molecule has 0 aliphatic rings. The van der Waals surface area contributed by atoms with E-state index in [9.17, 15) is 0 Å². The van der Waals surface area contributed by atoms with E-state index in [0.29, 0.717) is 6.61 Å². The Hall–Kier alpha value is -4.67. The first kappa shape index (κ1) is 28.4. The molecule has 0 saturated carbocycles. The van der Waals surface area contributed by atoms with E-state index in [1.165, 1.54) is 43.7 Å². The van der Waals surface area contributed by atoms with Gasteiger partial charge in [0.15, 0.2) is 11.0 Å². The van der Waals surface area contributed by atoms with E-state index in [2.05, 4.69) is 143 Å². The zero-order valence-electron chi connectivity index (χ0n) is 24.2. The van der Waals surface area contributed by atoms with Crippen LogP contribution in [0.4, 0.5) is 0 Å². The van der Waals surface area contributed by atoms with E-state index in [-0.39, 0.29) is 17.0 Å². The van der Waals surface area contributed by atoms with Gasteiger partial charge in [-0.05, 0) is 87.6 Å². The highest BCUT2D eigenvalue weighted by Gasteiger charge is 2.23. The standard InChI is InChI=1S/C39H33N2O.BrH/c1-2-42-36-22-17-29(18-23-36)19-24-39-40(27-30-15-20-32-9-3-5-11-34(32)25-30)37-13-7-8-14-38(37)41(39)28-31-16-21-33-10-4-6-12-35(33)26-31;/h3-26H,2,27-28H2,1H3;1H/q+1;/p-1/b24-19+;. The van der Waals surface area contributed by atoms with Crippen molar-refractivity contribution in [1.29, 1.82) is 0 Å². The van der Waals surface area contributed by atoms with Crippen LogP contribution >= 0.6 is 0 Å². The first-order valence-electron chi connectivity index (χ1n) is 14.6. The molecular formula is C39H33BrN2O. The van der Waals surface area contributed by atoms with Crippen molar-refractivity contribution in [3.8, 4) is 5.75 Å². The van der Waals surface area contributed by atoms with E-state index < -0.39 is 0 Å². The maximum absolute atomic E-state index is 5.66. The van der Waals surface area contributed by atoms with Gasteiger partial charge in [0, 0.05) is 6.08 Å². The van der Waals surface area contributed by atoms with Crippen molar-refractivity contribution in [1.82, 2.24) is 4.57 Å². The van der Waals surface area contributed by atoms with Gasteiger partial charge in [-0.1, -0.05) is 97.1 Å². The van der Waals surface area contributed by atoms with Crippen LogP contribution in [0.3, 0.4) is 0 Å². The summed E-state index contributed by atoms with van der Waals surface area (Å²) in [7, 11) is 0. The van der Waals surface area contributed by atoms with Crippen molar-refractivity contribution < 1.29 is 26.3 Å². The molecule has 7 rings (SSSR count). The molecule has 7 aromatic rings. The Balaban J connectivity index is 0.00000329. The first-order valence-corrected chi connectivity index (χ1v) is 14.6. The highest BCUT2D eigenvalue weighted by molar-refractivity contribution is 5.84. The van der Waals surface area contributed by atoms with Gasteiger partial charge in [0.1, 0.15) is 18.8 Å². The number of para-hydroxylation sites is 2. The van der Waals surface area contributed by atoms with Gasteiger partial charge < -0.3 is 21.7 Å². The van der Waals surface area contributed by atoms with Gasteiger partial charge in [-0.2, -0.15) is 0 Å². The molecule has 0 radical (unpaired) electrons. The molecule has 4 heteroatoms. The molecular weight excluding hydrogens is 592 g/mol. The van der Waals surface area contributed by atoms with Gasteiger partial charge in [-0.3, -0.25) is 0 Å². The third-order valence-corrected chi connectivity index (χ3v) is 7.94. The molecule has 0 spiro atoms. The molecule has 0 aliphatic carbocycles. The molecule has 3 nitrogen and oxygen atoms in total. The molecule has 0 bridgehead atoms. The Morgan fingerprint density at radius 3 is 1.93 bits per heavy atom. The van der Waals surface area contributed by atoms with Crippen LogP contribution in [-0.4, -0.2) is 11.2 Å². The lowest BCUT2D eigenvalue weighted by molar-refractivity contribution is -0.665. The topological polar surface area (TPSA) is 18.0 Å². The molecule has 1 heterocycles. The predicted octanol–water partition coefficient (Wildman–Crippen LogP) is 5.90. The van der Waals surface area contributed by atoms with Gasteiger partial charge in [0.05, 0.1) is 6.61 Å². The highest BCUT2D eigenvalue weighted by Crippen LogP contribution is 2.23. The van der Waals surface area contributed by atoms with Crippen LogP contribution in [0.1, 0.15) is 29.4 Å². The second-order valence-electron chi connectivity index (χ2n) is 10.7. The fraction of sp³-hybridized carbons (Fsp3) is 0.103. The summed E-state index contributed by atoms with van der Waals surface area (Å²) in [5.74, 6) is 2.05. The zero-order valence-corrected chi connectivity index (χ0v) is 25.7. The number of fused-ring (bicyclic) bond motifs is 3. The number of benzene rings is 6. The van der Waals surface area contributed by atoms with Crippen molar-refractivity contribution in [3.63, 3.8) is 0 Å². The number of rotatable bonds is 8. The summed E-state index contributed by atoms with van der Waals surface area (Å²) in [5, 5.41) is 5.06. The van der Waals surface area contributed by atoms with Crippen LogP contribution in [-0.2, 0) is 13.1 Å². The van der Waals surface area contributed by atoms with E-state index in [4.69, 9.17) is 4.74 Å². The van der Waals surface area contributed by atoms with E-state index in [0.717, 1.165) is 30.2 Å². The van der Waals surface area contributed by atoms with Crippen LogP contribution < -0.4 is 26.3 Å². The Labute approximate surface area is 263 Å². The van der Waals surface area contributed by atoms with Crippen molar-refractivity contribution in [2.75, 3.05) is 6.61 Å². The average molecular weight is 626 g/mol. The molecule has 212 valence electrons. The number of hydrogen-bond donors (Lipinski definition) is 0. The summed E-state index contributed by atoms with van der Waals surface area (Å²) in [6, 6.07) is 47.8. The summed E-state index contributed by atoms with van der Waals surface area (Å²) in [6.45, 7) is 4.23. The number of halogens is 1. The molecule has 0 aliphatic heterocycles. The van der Waals surface area contributed by atoms with Crippen molar-refractivity contribution >= 4 is 44.7 Å². The van der Waals surface area contributed by atoms with Crippen molar-refractivity contribution in [2.45, 2.75) is 20.0 Å². The lowest BCUT2D eigenvalue weighted by Gasteiger charge is -2.06. The number of imidazole rings is 1. The molecule has 0 fully saturated rings. The Morgan fingerprint density at radius 2 is 1.23 bits per heavy atom. The summed E-state index contributed by atoms with van der Waals surface area (Å²) < 4.78 is 10.6. The number of hydrogen-bond acceptors (Lipinski definition) is 1. The molecule has 0 unspecified atom stereocenters. The lowest BCUT2D eigenvalue weighted by Crippen LogP contribution is -3.00. The number of ether oxygens (including phenoxy) is 1. The Morgan fingerprint density at radius 1 is 0.628 bits per heavy atom. The van der Waals surface area contributed by atoms with Gasteiger partial charge >= 0.3 is 0 Å². The molecule has 0 amide bonds. The second-order valence-corrected chi connectivity index (χ2v) is 10.7. The largest absolute Gasteiger partial charge is 1.00 e. The fourth-order valence-corrected chi connectivity index (χ4v) is 5.88. The predicted molar refractivity (Wildman–Crippen MR) is 175 cm³/mol. The monoisotopic (exact) mass is 624 g/mol. The SMILES string of the molecule is CCOc1ccc(/C=C/c2n(Cc3ccc4ccccc4c3)c3ccccc3[n+]2Cc2ccc3ccccc3c2)cc1.[Br-]. The molecule has 6 aromatic carbocycles. The summed E-state index contributed by atoms with van der Waals surface area (Å²) in [6.07, 6.45) is 4.47. The van der Waals surface area contributed by atoms with Gasteiger partial charge in [0.25, 0.3) is 5.82 Å². The maximum Gasteiger partial charge on any atom is 0.283 e. The second kappa shape index (κ2) is 12.7. The zero-order chi connectivity index (χ0) is 28.3. The Bertz CT molecular complexity index is 1940. The van der Waals surface area contributed by atoms with E-state index in [1.54, 1.807) is 0 Å². The number of aromatic nitrogens is 2. The maximum atomic E-state index is 5.66. The lowest BCUT2D eigenvalue weighted by atomic mass is 10.1. The highest BCUT2D eigenvalue weighted by atomic mass is 79.9. The average Bonchev–Trinajstić information content (AvgIpc) is 3.32. The van der Waals surface area contributed by atoms with Crippen molar-refractivity contribution in [3.05, 3.63) is 156 Å². The fourth-order valence-electron chi connectivity index (χ4n) is 5.88. The molecule has 0 saturated heterocycles. The smallest absolute Gasteiger partial charge is 0.283 e. The third-order valence-electron chi connectivity index (χ3n) is 7.94. The normalized spacial score (nSPS) is 11.4. The van der Waals surface area contributed by atoms with Gasteiger partial charge in [-0.25, -0.2) is 9.13 Å². The minimum atomic E-state index is 0. The Kier molecular flexibility index (Phi) is 8.39. The van der Waals surface area contributed by atoms with Crippen LogP contribution in [0.5, 0.6) is 5.75 Å². The summed E-state index contributed by atoms with van der Waals surface area (Å²) >= 11 is 0. The summed E-state index contributed by atoms with van der Waals surface area (Å²) in [4.78, 5) is 0. The van der Waals surface area contributed by atoms with Crippen LogP contribution in [0.2, 0.25) is 0 Å². The van der Waals surface area contributed by atoms with Crippen LogP contribution in [0.15, 0.2) is 133 Å². The molecule has 0 N–H and O–H groups in total. The van der Waals surface area contributed by atoms with Crippen molar-refractivity contribution in [2.24, 2.45) is 0 Å².